The van der Waals surface area contributed by atoms with Crippen molar-refractivity contribution < 1.29 is 47.1 Å². The van der Waals surface area contributed by atoms with Crippen molar-refractivity contribution in [1.82, 2.24) is 4.90 Å². The normalized spacial score (nSPS) is 12.9. The molecule has 5 rings (SSSR count). The van der Waals surface area contributed by atoms with Gasteiger partial charge in [-0.3, -0.25) is 14.5 Å². The smallest absolute Gasteiger partial charge is 0.430 e. The fourth-order valence-electron chi connectivity index (χ4n) is 4.22. The van der Waals surface area contributed by atoms with E-state index in [9.17, 15) is 32.7 Å². The van der Waals surface area contributed by atoms with Crippen LogP contribution in [0.5, 0.6) is 0 Å². The summed E-state index contributed by atoms with van der Waals surface area (Å²) in [5, 5.41) is 19.9. The molecule has 1 aliphatic rings. The molecule has 0 saturated heterocycles. The van der Waals surface area contributed by atoms with Gasteiger partial charge in [-0.05, 0) is 29.8 Å². The number of aromatic carboxylic acids is 1. The van der Waals surface area contributed by atoms with E-state index in [2.05, 4.69) is 0 Å². The Morgan fingerprint density at radius 2 is 1.41 bits per heavy atom. The molecule has 2 heterocycles. The molecule has 0 spiro atoms. The molecular weight excluding hydrogens is 493 g/mol. The molecule has 8 nitrogen and oxygen atoms in total. The second-order valence-electron chi connectivity index (χ2n) is 8.14. The highest BCUT2D eigenvalue weighted by atomic mass is 19.4. The van der Waals surface area contributed by atoms with Gasteiger partial charge in [0.1, 0.15) is 13.0 Å². The molecule has 0 fully saturated rings. The molecule has 37 heavy (non-hydrogen) atoms. The number of aromatic nitrogens is 1. The van der Waals surface area contributed by atoms with Gasteiger partial charge in [0.25, 0.3) is 11.8 Å². The average Bonchev–Trinajstić information content (AvgIpc) is 3.09. The molecule has 0 saturated carbocycles. The zero-order valence-corrected chi connectivity index (χ0v) is 19.1. The third-order valence-electron chi connectivity index (χ3n) is 5.89. The molecule has 188 valence electrons. The second-order valence-corrected chi connectivity index (χ2v) is 8.14. The maximum atomic E-state index is 12.7. The van der Waals surface area contributed by atoms with Crippen LogP contribution in [-0.4, -0.2) is 39.9 Å². The molecule has 0 atom stereocenters. The zero-order chi connectivity index (χ0) is 27.1. The number of imide groups is 1. The van der Waals surface area contributed by atoms with E-state index < -0.39 is 18.1 Å². The number of aliphatic carboxylic acids is 1. The van der Waals surface area contributed by atoms with E-state index in [0.29, 0.717) is 27.5 Å². The fourth-order valence-corrected chi connectivity index (χ4v) is 4.22. The molecule has 2 amide bonds. The lowest BCUT2D eigenvalue weighted by Gasteiger charge is -2.15. The summed E-state index contributed by atoms with van der Waals surface area (Å²) < 4.78 is 33.5. The van der Waals surface area contributed by atoms with Gasteiger partial charge in [0, 0.05) is 12.1 Å². The number of hydrogen-bond donors (Lipinski definition) is 1. The van der Waals surface area contributed by atoms with Gasteiger partial charge in [-0.1, -0.05) is 30.3 Å². The summed E-state index contributed by atoms with van der Waals surface area (Å²) >= 11 is 0. The first-order chi connectivity index (χ1) is 17.4. The number of nitrogens with zero attached hydrogens (tertiary/aromatic N) is 2. The van der Waals surface area contributed by atoms with Crippen molar-refractivity contribution in [1.29, 1.82) is 0 Å². The Balaban J connectivity index is 0.000000405. The number of carboxylic acid groups (broad SMARTS) is 2. The van der Waals surface area contributed by atoms with Crippen molar-refractivity contribution in [2.24, 2.45) is 7.05 Å². The number of pyridine rings is 1. The van der Waals surface area contributed by atoms with E-state index in [0.717, 1.165) is 11.0 Å². The third-order valence-corrected chi connectivity index (χ3v) is 5.89. The molecule has 1 N–H and O–H groups in total. The van der Waals surface area contributed by atoms with Gasteiger partial charge in [0.15, 0.2) is 0 Å². The van der Waals surface area contributed by atoms with Gasteiger partial charge in [0.05, 0.1) is 34.0 Å². The zero-order valence-electron chi connectivity index (χ0n) is 19.1. The predicted molar refractivity (Wildman–Crippen MR) is 121 cm³/mol. The van der Waals surface area contributed by atoms with Crippen LogP contribution in [0.15, 0.2) is 66.7 Å². The van der Waals surface area contributed by atoms with Crippen LogP contribution >= 0.6 is 0 Å². The van der Waals surface area contributed by atoms with Crippen LogP contribution in [-0.2, 0) is 18.4 Å². The molecule has 4 aromatic rings. The Kier molecular flexibility index (Phi) is 6.39. The highest BCUT2D eigenvalue weighted by Gasteiger charge is 2.35. The Bertz CT molecular complexity index is 1580. The molecule has 11 heteroatoms. The Morgan fingerprint density at radius 3 is 1.95 bits per heavy atom. The number of halogens is 3. The quantitative estimate of drug-likeness (QED) is 0.257. The highest BCUT2D eigenvalue weighted by Crippen LogP contribution is 2.28. The summed E-state index contributed by atoms with van der Waals surface area (Å²) in [4.78, 5) is 47.5. The van der Waals surface area contributed by atoms with E-state index >= 15 is 0 Å². The Morgan fingerprint density at radius 1 is 0.892 bits per heavy atom. The number of aryl methyl sites for hydroxylation is 1. The number of rotatable bonds is 3. The fraction of sp³-hybridized carbons (Fsp3) is 0.115. The summed E-state index contributed by atoms with van der Waals surface area (Å²) in [7, 11) is 1.89. The number of carbonyl (C=O) groups is 4. The molecule has 1 aromatic heterocycles. The molecular formula is C26H17F3N2O6. The van der Waals surface area contributed by atoms with E-state index in [-0.39, 0.29) is 23.9 Å². The van der Waals surface area contributed by atoms with Crippen molar-refractivity contribution in [3.8, 4) is 0 Å². The van der Waals surface area contributed by atoms with Gasteiger partial charge in [0.2, 0.25) is 11.0 Å². The first-order valence-electron chi connectivity index (χ1n) is 10.7. The lowest BCUT2D eigenvalue weighted by molar-refractivity contribution is -0.617. The highest BCUT2D eigenvalue weighted by molar-refractivity contribution is 6.21. The lowest BCUT2D eigenvalue weighted by Crippen LogP contribution is -2.37. The monoisotopic (exact) mass is 510 g/mol. The standard InChI is InChI=1S/C24H16N2O4.C2HF3O2/c1-25-19-9-5-4-8-17(19)21(24(29)30)18-12-14(10-11-20(18)25)13-26-22(27)15-6-2-3-7-16(15)23(26)28;3-2(4,5)1(6)7/h2-12H,13H2,1H3;(H,6,7). The Hall–Kier alpha value is -4.80. The largest absolute Gasteiger partial charge is 0.542 e. The number of para-hydroxylation sites is 1. The summed E-state index contributed by atoms with van der Waals surface area (Å²) in [6.45, 7) is 0.0812. The SMILES string of the molecule is C[n+]1c2ccccc2c(C(=O)O)c2cc(CN3C(=O)c4ccccc4C3=O)ccc21.O=C([O-])C(F)(F)F. The summed E-state index contributed by atoms with van der Waals surface area (Å²) in [5.74, 6) is -4.70. The number of benzene rings is 3. The van der Waals surface area contributed by atoms with Crippen LogP contribution in [0.1, 0.15) is 36.6 Å². The molecule has 0 unspecified atom stereocenters. The number of hydrogen-bond acceptors (Lipinski definition) is 5. The van der Waals surface area contributed by atoms with Gasteiger partial charge in [-0.25, -0.2) is 4.79 Å². The van der Waals surface area contributed by atoms with Crippen molar-refractivity contribution in [2.45, 2.75) is 12.7 Å². The van der Waals surface area contributed by atoms with Gasteiger partial charge in [-0.15, -0.1) is 0 Å². The molecule has 3 aromatic carbocycles. The molecule has 0 radical (unpaired) electrons. The van der Waals surface area contributed by atoms with Crippen molar-refractivity contribution in [2.75, 3.05) is 0 Å². The molecule has 0 bridgehead atoms. The van der Waals surface area contributed by atoms with Crippen LogP contribution in [0.2, 0.25) is 0 Å². The van der Waals surface area contributed by atoms with Crippen LogP contribution < -0.4 is 9.67 Å². The van der Waals surface area contributed by atoms with Crippen molar-refractivity contribution in [3.05, 3.63) is 89.0 Å². The molecule has 1 aliphatic heterocycles. The van der Waals surface area contributed by atoms with E-state index in [1.54, 1.807) is 36.4 Å². The van der Waals surface area contributed by atoms with E-state index in [1.807, 2.05) is 41.9 Å². The molecule has 0 aliphatic carbocycles. The number of carbonyl (C=O) groups excluding carboxylic acids is 3. The average molecular weight is 510 g/mol. The minimum absolute atomic E-state index is 0.0812. The van der Waals surface area contributed by atoms with Gasteiger partial charge < -0.3 is 15.0 Å². The summed E-state index contributed by atoms with van der Waals surface area (Å²) in [6.07, 6.45) is -5.19. The van der Waals surface area contributed by atoms with Crippen LogP contribution in [0.3, 0.4) is 0 Å². The van der Waals surface area contributed by atoms with Gasteiger partial charge >= 0.3 is 12.1 Å². The predicted octanol–water partition coefficient (Wildman–Crippen LogP) is 2.61. The van der Waals surface area contributed by atoms with Crippen molar-refractivity contribution >= 4 is 45.6 Å². The number of fused-ring (bicyclic) bond motifs is 3. The van der Waals surface area contributed by atoms with Crippen LogP contribution in [0.4, 0.5) is 13.2 Å². The third kappa shape index (κ3) is 4.58. The number of amides is 2. The first kappa shape index (κ1) is 25.3. The minimum Gasteiger partial charge on any atom is -0.542 e. The van der Waals surface area contributed by atoms with Crippen molar-refractivity contribution in [3.63, 3.8) is 0 Å². The Labute approximate surface area is 206 Å². The maximum absolute atomic E-state index is 12.7. The number of alkyl halides is 3. The maximum Gasteiger partial charge on any atom is 0.430 e. The first-order valence-corrected chi connectivity index (χ1v) is 10.7. The number of carboxylic acids is 2. The minimum atomic E-state index is -5.19. The topological polar surface area (TPSA) is 119 Å². The second kappa shape index (κ2) is 9.34. The van der Waals surface area contributed by atoms with Gasteiger partial charge in [-0.2, -0.15) is 17.7 Å². The van der Waals surface area contributed by atoms with Crippen LogP contribution in [0, 0.1) is 0 Å². The summed E-state index contributed by atoms with van der Waals surface area (Å²) in [6, 6.07) is 19.5. The van der Waals surface area contributed by atoms with E-state index in [4.69, 9.17) is 9.90 Å². The lowest BCUT2D eigenvalue weighted by atomic mass is 10.00. The summed E-state index contributed by atoms with van der Waals surface area (Å²) in [5.41, 5.74) is 3.27. The van der Waals surface area contributed by atoms with E-state index in [1.165, 1.54) is 4.90 Å². The van der Waals surface area contributed by atoms with Crippen LogP contribution in [0.25, 0.3) is 21.8 Å².